The average molecular weight is 411 g/mol. The summed E-state index contributed by atoms with van der Waals surface area (Å²) in [4.78, 5) is 14.8. The zero-order chi connectivity index (χ0) is 21.7. The molecule has 2 aromatic rings. The molecule has 1 aliphatic rings. The Labute approximate surface area is 180 Å². The van der Waals surface area contributed by atoms with Gasteiger partial charge < -0.3 is 19.7 Å². The van der Waals surface area contributed by atoms with Gasteiger partial charge in [-0.2, -0.15) is 0 Å². The Bertz CT molecular complexity index is 855. The van der Waals surface area contributed by atoms with E-state index in [0.29, 0.717) is 12.6 Å². The van der Waals surface area contributed by atoms with Crippen molar-refractivity contribution in [1.29, 1.82) is 0 Å². The summed E-state index contributed by atoms with van der Waals surface area (Å²) in [6.07, 6.45) is 1.86. The van der Waals surface area contributed by atoms with E-state index in [-0.39, 0.29) is 5.91 Å². The molecule has 3 rings (SSSR count). The fourth-order valence-electron chi connectivity index (χ4n) is 3.68. The van der Waals surface area contributed by atoms with Crippen LogP contribution in [-0.4, -0.2) is 43.2 Å². The molecule has 0 aromatic heterocycles. The molecule has 1 saturated heterocycles. The molecular weight excluding hydrogens is 376 g/mol. The van der Waals surface area contributed by atoms with Crippen LogP contribution in [0.25, 0.3) is 0 Å². The minimum atomic E-state index is -0.558. The zero-order valence-electron chi connectivity index (χ0n) is 18.8. The van der Waals surface area contributed by atoms with Crippen molar-refractivity contribution in [3.63, 3.8) is 0 Å². The van der Waals surface area contributed by atoms with Crippen LogP contribution < -0.4 is 14.8 Å². The maximum atomic E-state index is 12.5. The van der Waals surface area contributed by atoms with E-state index in [1.165, 1.54) is 5.56 Å². The quantitative estimate of drug-likeness (QED) is 0.744. The largest absolute Gasteiger partial charge is 0.490 e. The predicted octanol–water partition coefficient (Wildman–Crippen LogP) is 4.17. The Kier molecular flexibility index (Phi) is 7.38. The summed E-state index contributed by atoms with van der Waals surface area (Å²) in [5.41, 5.74) is 4.40. The van der Waals surface area contributed by atoms with Gasteiger partial charge in [-0.1, -0.05) is 18.2 Å². The normalized spacial score (nSPS) is 16.2. The molecule has 1 fully saturated rings. The summed E-state index contributed by atoms with van der Waals surface area (Å²) < 4.78 is 12.0. The molecule has 0 saturated carbocycles. The van der Waals surface area contributed by atoms with Crippen LogP contribution >= 0.6 is 0 Å². The van der Waals surface area contributed by atoms with Crippen LogP contribution in [-0.2, 0) is 11.3 Å². The van der Waals surface area contributed by atoms with Gasteiger partial charge in [0.2, 0.25) is 0 Å². The molecule has 5 heteroatoms. The van der Waals surface area contributed by atoms with Crippen LogP contribution in [0.15, 0.2) is 36.4 Å². The van der Waals surface area contributed by atoms with Crippen molar-refractivity contribution >= 4 is 5.91 Å². The Hall–Kier alpha value is -2.53. The van der Waals surface area contributed by atoms with Crippen LogP contribution in [0.4, 0.5) is 0 Å². The van der Waals surface area contributed by atoms with Crippen molar-refractivity contribution in [2.24, 2.45) is 0 Å². The van der Waals surface area contributed by atoms with Gasteiger partial charge in [-0.25, -0.2) is 0 Å². The summed E-state index contributed by atoms with van der Waals surface area (Å²) in [6.45, 7) is 10.5. The molecule has 0 spiro atoms. The first kappa shape index (κ1) is 22.2. The second-order valence-corrected chi connectivity index (χ2v) is 8.45. The van der Waals surface area contributed by atoms with E-state index in [1.54, 1.807) is 6.92 Å². The number of aryl methyl sites for hydroxylation is 2. The lowest BCUT2D eigenvalue weighted by Crippen LogP contribution is -2.36. The third-order valence-corrected chi connectivity index (χ3v) is 5.80. The number of hydrogen-bond acceptors (Lipinski definition) is 4. The SMILES string of the molecule is Cc1cc(C)c(C)c(O[C@H](C)C(=O)NCc2ccc(OC3CCN(C)CC3)cc2)c1. The highest BCUT2D eigenvalue weighted by molar-refractivity contribution is 5.80. The molecular formula is C25H34N2O3. The van der Waals surface area contributed by atoms with Gasteiger partial charge in [0.1, 0.15) is 17.6 Å². The Morgan fingerprint density at radius 3 is 2.47 bits per heavy atom. The van der Waals surface area contributed by atoms with Crippen molar-refractivity contribution in [3.05, 3.63) is 58.7 Å². The van der Waals surface area contributed by atoms with Crippen LogP contribution in [0, 0.1) is 20.8 Å². The van der Waals surface area contributed by atoms with Crippen LogP contribution in [0.2, 0.25) is 0 Å². The molecule has 1 atom stereocenters. The fraction of sp³-hybridized carbons (Fsp3) is 0.480. The van der Waals surface area contributed by atoms with E-state index >= 15 is 0 Å². The molecule has 0 unspecified atom stereocenters. The van der Waals surface area contributed by atoms with E-state index < -0.39 is 6.10 Å². The molecule has 0 aliphatic carbocycles. The van der Waals surface area contributed by atoms with Gasteiger partial charge in [-0.15, -0.1) is 0 Å². The van der Waals surface area contributed by atoms with Crippen LogP contribution in [0.3, 0.4) is 0 Å². The second-order valence-electron chi connectivity index (χ2n) is 8.45. The molecule has 162 valence electrons. The molecule has 1 amide bonds. The standard InChI is InChI=1S/C25H34N2O3/c1-17-14-18(2)19(3)24(15-17)29-20(4)25(28)26-16-21-6-8-22(9-7-21)30-23-10-12-27(5)13-11-23/h6-9,14-15,20,23H,10-13,16H2,1-5H3,(H,26,28)/t20-/m1/s1. The average Bonchev–Trinajstić information content (AvgIpc) is 2.72. The lowest BCUT2D eigenvalue weighted by atomic mass is 10.1. The smallest absolute Gasteiger partial charge is 0.261 e. The molecule has 1 aliphatic heterocycles. The maximum Gasteiger partial charge on any atom is 0.261 e. The molecule has 0 radical (unpaired) electrons. The van der Waals surface area contributed by atoms with Crippen LogP contribution in [0.1, 0.15) is 42.0 Å². The van der Waals surface area contributed by atoms with Gasteiger partial charge in [0.25, 0.3) is 5.91 Å². The third-order valence-electron chi connectivity index (χ3n) is 5.80. The highest BCUT2D eigenvalue weighted by Crippen LogP contribution is 2.24. The number of piperidine rings is 1. The van der Waals surface area contributed by atoms with Gasteiger partial charge in [0.15, 0.2) is 6.10 Å². The molecule has 0 bridgehead atoms. The minimum Gasteiger partial charge on any atom is -0.490 e. The first-order chi connectivity index (χ1) is 14.3. The van der Waals surface area contributed by atoms with Gasteiger partial charge in [-0.3, -0.25) is 4.79 Å². The maximum absolute atomic E-state index is 12.5. The van der Waals surface area contributed by atoms with E-state index in [0.717, 1.165) is 54.1 Å². The van der Waals surface area contributed by atoms with E-state index in [4.69, 9.17) is 9.47 Å². The highest BCUT2D eigenvalue weighted by atomic mass is 16.5. The first-order valence-corrected chi connectivity index (χ1v) is 10.8. The van der Waals surface area contributed by atoms with Crippen molar-refractivity contribution in [1.82, 2.24) is 10.2 Å². The lowest BCUT2D eigenvalue weighted by molar-refractivity contribution is -0.127. The monoisotopic (exact) mass is 410 g/mol. The summed E-state index contributed by atoms with van der Waals surface area (Å²) in [5.74, 6) is 1.53. The summed E-state index contributed by atoms with van der Waals surface area (Å²) in [5, 5.41) is 2.96. The fourth-order valence-corrected chi connectivity index (χ4v) is 3.68. The van der Waals surface area contributed by atoms with Gasteiger partial charge in [-0.05, 0) is 88.0 Å². The molecule has 5 nitrogen and oxygen atoms in total. The summed E-state index contributed by atoms with van der Waals surface area (Å²) >= 11 is 0. The topological polar surface area (TPSA) is 50.8 Å². The van der Waals surface area contributed by atoms with E-state index in [9.17, 15) is 4.79 Å². The predicted molar refractivity (Wildman–Crippen MR) is 120 cm³/mol. The number of ether oxygens (including phenoxy) is 2. The van der Waals surface area contributed by atoms with Crippen LogP contribution in [0.5, 0.6) is 11.5 Å². The second kappa shape index (κ2) is 9.98. The Balaban J connectivity index is 1.48. The van der Waals surface area contributed by atoms with Gasteiger partial charge in [0, 0.05) is 19.6 Å². The lowest BCUT2D eigenvalue weighted by Gasteiger charge is -2.29. The Morgan fingerprint density at radius 1 is 1.13 bits per heavy atom. The third kappa shape index (κ3) is 5.99. The van der Waals surface area contributed by atoms with E-state index in [2.05, 4.69) is 30.3 Å². The molecule has 2 aromatic carbocycles. The first-order valence-electron chi connectivity index (χ1n) is 10.8. The number of nitrogens with one attached hydrogen (secondary N) is 1. The number of rotatable bonds is 7. The minimum absolute atomic E-state index is 0.125. The molecule has 1 N–H and O–H groups in total. The molecule has 30 heavy (non-hydrogen) atoms. The van der Waals surface area contributed by atoms with Gasteiger partial charge in [0.05, 0.1) is 0 Å². The number of likely N-dealkylation sites (tertiary alicyclic amines) is 1. The Morgan fingerprint density at radius 2 is 1.80 bits per heavy atom. The summed E-state index contributed by atoms with van der Waals surface area (Å²) in [7, 11) is 2.15. The van der Waals surface area contributed by atoms with Crippen molar-refractivity contribution in [2.45, 2.75) is 59.3 Å². The summed E-state index contributed by atoms with van der Waals surface area (Å²) in [6, 6.07) is 12.1. The number of amides is 1. The van der Waals surface area contributed by atoms with Crippen molar-refractivity contribution in [3.8, 4) is 11.5 Å². The number of carbonyl (C=O) groups is 1. The zero-order valence-corrected chi connectivity index (χ0v) is 18.8. The van der Waals surface area contributed by atoms with Crippen molar-refractivity contribution < 1.29 is 14.3 Å². The number of hydrogen-bond donors (Lipinski definition) is 1. The van der Waals surface area contributed by atoms with E-state index in [1.807, 2.05) is 44.2 Å². The van der Waals surface area contributed by atoms with Gasteiger partial charge >= 0.3 is 0 Å². The molecule has 1 heterocycles. The number of nitrogens with zero attached hydrogens (tertiary/aromatic N) is 1. The highest BCUT2D eigenvalue weighted by Gasteiger charge is 2.18. The number of carbonyl (C=O) groups excluding carboxylic acids is 1. The number of benzene rings is 2. The van der Waals surface area contributed by atoms with Crippen molar-refractivity contribution in [2.75, 3.05) is 20.1 Å².